The van der Waals surface area contributed by atoms with E-state index in [9.17, 15) is 0 Å². The van der Waals surface area contributed by atoms with Crippen molar-refractivity contribution in [2.24, 2.45) is 0 Å². The van der Waals surface area contributed by atoms with Crippen molar-refractivity contribution in [2.75, 3.05) is 0 Å². The standard InChI is InChI=1S/C12H20N2/c1-7-8(2)12(6-14)10(4)9(3)11(7)5-13/h5-6,13-14H2,1-4H3/p+2. The molecule has 0 spiro atoms. The van der Waals surface area contributed by atoms with Gasteiger partial charge in [0.2, 0.25) is 0 Å². The van der Waals surface area contributed by atoms with Gasteiger partial charge in [0.05, 0.1) is 0 Å². The fourth-order valence-electron chi connectivity index (χ4n) is 2.22. The minimum atomic E-state index is 0.886. The van der Waals surface area contributed by atoms with Gasteiger partial charge in [0.15, 0.2) is 0 Å². The molecule has 0 heterocycles. The monoisotopic (exact) mass is 194 g/mol. The third kappa shape index (κ3) is 1.56. The van der Waals surface area contributed by atoms with Gasteiger partial charge in [-0.15, -0.1) is 0 Å². The highest BCUT2D eigenvalue weighted by Crippen LogP contribution is 2.25. The predicted molar refractivity (Wildman–Crippen MR) is 58.6 cm³/mol. The van der Waals surface area contributed by atoms with E-state index in [4.69, 9.17) is 0 Å². The van der Waals surface area contributed by atoms with Gasteiger partial charge in [-0.1, -0.05) is 0 Å². The largest absolute Gasteiger partial charge is 0.354 e. The predicted octanol–water partition coefficient (Wildman–Crippen LogP) is 0.404. The van der Waals surface area contributed by atoms with Crippen molar-refractivity contribution in [1.82, 2.24) is 0 Å². The molecule has 0 bridgehead atoms. The molecule has 14 heavy (non-hydrogen) atoms. The minimum Gasteiger partial charge on any atom is -0.354 e. The van der Waals surface area contributed by atoms with Crippen molar-refractivity contribution in [2.45, 2.75) is 40.8 Å². The highest BCUT2D eigenvalue weighted by Gasteiger charge is 2.14. The number of hydrogen-bond acceptors (Lipinski definition) is 0. The van der Waals surface area contributed by atoms with Crippen LogP contribution >= 0.6 is 0 Å². The topological polar surface area (TPSA) is 55.3 Å². The van der Waals surface area contributed by atoms with E-state index in [2.05, 4.69) is 39.2 Å². The normalized spacial score (nSPS) is 10.7. The van der Waals surface area contributed by atoms with Crippen LogP contribution in [0.1, 0.15) is 33.4 Å². The molecular weight excluding hydrogens is 172 g/mol. The van der Waals surface area contributed by atoms with E-state index >= 15 is 0 Å². The average Bonchev–Trinajstić information content (AvgIpc) is 2.17. The lowest BCUT2D eigenvalue weighted by Crippen LogP contribution is -2.49. The van der Waals surface area contributed by atoms with Gasteiger partial charge in [-0.25, -0.2) is 0 Å². The highest BCUT2D eigenvalue weighted by molar-refractivity contribution is 5.49. The molecule has 2 heteroatoms. The number of benzene rings is 1. The maximum absolute atomic E-state index is 4.00. The van der Waals surface area contributed by atoms with E-state index in [1.54, 1.807) is 0 Å². The van der Waals surface area contributed by atoms with Gasteiger partial charge in [-0.3, -0.25) is 0 Å². The van der Waals surface area contributed by atoms with Crippen molar-refractivity contribution >= 4 is 0 Å². The number of hydrogen-bond donors (Lipinski definition) is 2. The molecule has 0 amide bonds. The maximum atomic E-state index is 4.00. The van der Waals surface area contributed by atoms with E-state index in [0.29, 0.717) is 0 Å². The fourth-order valence-corrected chi connectivity index (χ4v) is 2.22. The molecule has 0 aromatic heterocycles. The zero-order valence-corrected chi connectivity index (χ0v) is 9.83. The molecule has 0 unspecified atom stereocenters. The first-order valence-corrected chi connectivity index (χ1v) is 5.21. The second kappa shape index (κ2) is 4.11. The summed E-state index contributed by atoms with van der Waals surface area (Å²) in [6, 6.07) is 0. The lowest BCUT2D eigenvalue weighted by molar-refractivity contribution is -0.388. The van der Waals surface area contributed by atoms with Crippen LogP contribution in [0.2, 0.25) is 0 Å². The molecule has 0 atom stereocenters. The zero-order valence-electron chi connectivity index (χ0n) is 9.83. The first kappa shape index (κ1) is 11.2. The number of rotatable bonds is 2. The SMILES string of the molecule is Cc1c(C)c(C[NH3+])c(C)c(C)c1C[NH3+]. The molecule has 1 rings (SSSR count). The van der Waals surface area contributed by atoms with Gasteiger partial charge in [0.1, 0.15) is 13.1 Å². The summed E-state index contributed by atoms with van der Waals surface area (Å²) in [6.07, 6.45) is 0. The van der Waals surface area contributed by atoms with Crippen LogP contribution in [0.3, 0.4) is 0 Å². The molecular formula is C12H22N2+2. The number of quaternary nitrogens is 2. The Labute approximate surface area is 86.3 Å². The van der Waals surface area contributed by atoms with Crippen LogP contribution in [-0.4, -0.2) is 0 Å². The molecule has 0 saturated carbocycles. The van der Waals surface area contributed by atoms with Crippen molar-refractivity contribution < 1.29 is 11.5 Å². The summed E-state index contributed by atoms with van der Waals surface area (Å²) in [5, 5.41) is 0. The van der Waals surface area contributed by atoms with Crippen LogP contribution in [0.5, 0.6) is 0 Å². The van der Waals surface area contributed by atoms with Crippen LogP contribution in [0.25, 0.3) is 0 Å². The van der Waals surface area contributed by atoms with Crippen LogP contribution < -0.4 is 11.5 Å². The summed E-state index contributed by atoms with van der Waals surface area (Å²) in [7, 11) is 0. The first-order valence-electron chi connectivity index (χ1n) is 5.21. The molecule has 6 N–H and O–H groups in total. The lowest BCUT2D eigenvalue weighted by Gasteiger charge is -2.16. The summed E-state index contributed by atoms with van der Waals surface area (Å²) >= 11 is 0. The summed E-state index contributed by atoms with van der Waals surface area (Å²) in [6.45, 7) is 10.6. The smallest absolute Gasteiger partial charge is 0.100 e. The molecule has 0 radical (unpaired) electrons. The summed E-state index contributed by atoms with van der Waals surface area (Å²) in [4.78, 5) is 0. The van der Waals surface area contributed by atoms with E-state index in [-0.39, 0.29) is 0 Å². The Bertz CT molecular complexity index is 290. The molecule has 0 saturated heterocycles. The van der Waals surface area contributed by atoms with Crippen LogP contribution in [-0.2, 0) is 13.1 Å². The molecule has 0 aliphatic carbocycles. The van der Waals surface area contributed by atoms with E-state index in [1.165, 1.54) is 33.4 Å². The third-order valence-electron chi connectivity index (χ3n) is 3.44. The van der Waals surface area contributed by atoms with Crippen molar-refractivity contribution in [3.05, 3.63) is 33.4 Å². The van der Waals surface area contributed by atoms with Gasteiger partial charge < -0.3 is 11.5 Å². The first-order chi connectivity index (χ1) is 6.54. The van der Waals surface area contributed by atoms with Crippen LogP contribution in [0.4, 0.5) is 0 Å². The molecule has 0 fully saturated rings. The van der Waals surface area contributed by atoms with Crippen LogP contribution in [0, 0.1) is 27.7 Å². The average molecular weight is 194 g/mol. The fraction of sp³-hybridized carbons (Fsp3) is 0.500. The minimum absolute atomic E-state index is 0.886. The van der Waals surface area contributed by atoms with Crippen molar-refractivity contribution in [3.8, 4) is 0 Å². The van der Waals surface area contributed by atoms with E-state index < -0.39 is 0 Å². The van der Waals surface area contributed by atoms with Crippen molar-refractivity contribution in [1.29, 1.82) is 0 Å². The Hall–Kier alpha value is -0.860. The Morgan fingerprint density at radius 2 is 0.857 bits per heavy atom. The summed E-state index contributed by atoms with van der Waals surface area (Å²) in [5.74, 6) is 0. The Morgan fingerprint density at radius 3 is 1.00 bits per heavy atom. The third-order valence-corrected chi connectivity index (χ3v) is 3.44. The second-order valence-electron chi connectivity index (χ2n) is 3.96. The van der Waals surface area contributed by atoms with Gasteiger partial charge in [0.25, 0.3) is 0 Å². The Morgan fingerprint density at radius 1 is 0.643 bits per heavy atom. The second-order valence-corrected chi connectivity index (χ2v) is 3.96. The molecule has 78 valence electrons. The summed E-state index contributed by atoms with van der Waals surface area (Å²) in [5.41, 5.74) is 16.4. The lowest BCUT2D eigenvalue weighted by atomic mass is 9.89. The Kier molecular flexibility index (Phi) is 3.29. The van der Waals surface area contributed by atoms with Crippen LogP contribution in [0.15, 0.2) is 0 Å². The summed E-state index contributed by atoms with van der Waals surface area (Å²) < 4.78 is 0. The van der Waals surface area contributed by atoms with Gasteiger partial charge in [-0.2, -0.15) is 0 Å². The van der Waals surface area contributed by atoms with E-state index in [1.807, 2.05) is 0 Å². The molecule has 1 aromatic rings. The highest BCUT2D eigenvalue weighted by atomic mass is 14.5. The van der Waals surface area contributed by atoms with Gasteiger partial charge >= 0.3 is 0 Å². The quantitative estimate of drug-likeness (QED) is 0.685. The molecule has 2 nitrogen and oxygen atoms in total. The van der Waals surface area contributed by atoms with Crippen molar-refractivity contribution in [3.63, 3.8) is 0 Å². The van der Waals surface area contributed by atoms with Gasteiger partial charge in [0, 0.05) is 11.1 Å². The molecule has 0 aliphatic rings. The molecule has 1 aromatic carbocycles. The zero-order chi connectivity index (χ0) is 10.9. The maximum Gasteiger partial charge on any atom is 0.100 e. The molecule has 0 aliphatic heterocycles. The van der Waals surface area contributed by atoms with E-state index in [0.717, 1.165) is 13.1 Å². The Balaban J connectivity index is 3.55. The van der Waals surface area contributed by atoms with Gasteiger partial charge in [-0.05, 0) is 49.9 Å².